The second-order valence-corrected chi connectivity index (χ2v) is 8.96. The first kappa shape index (κ1) is 21.2. The summed E-state index contributed by atoms with van der Waals surface area (Å²) < 4.78 is 2.41. The van der Waals surface area contributed by atoms with Gasteiger partial charge in [-0.3, -0.25) is 4.99 Å². The largest absolute Gasteiger partial charge is 0.357 e. The molecule has 1 saturated carbocycles. The third-order valence-corrected chi connectivity index (χ3v) is 6.84. The first-order valence-electron chi connectivity index (χ1n) is 11.4. The first-order chi connectivity index (χ1) is 14.8. The number of nitrogens with one attached hydrogen (secondary N) is 1. The molecular formula is C23H34N6S. The summed E-state index contributed by atoms with van der Waals surface area (Å²) in [5.41, 5.74) is 2.89. The van der Waals surface area contributed by atoms with Crippen LogP contribution >= 0.6 is 11.8 Å². The van der Waals surface area contributed by atoms with E-state index in [0.29, 0.717) is 6.04 Å². The summed E-state index contributed by atoms with van der Waals surface area (Å²) in [5, 5.41) is 13.5. The minimum absolute atomic E-state index is 0.590. The predicted molar refractivity (Wildman–Crippen MR) is 124 cm³/mol. The molecule has 4 rings (SSSR count). The zero-order valence-corrected chi connectivity index (χ0v) is 19.1. The number of hydrogen-bond donors (Lipinski definition) is 1. The van der Waals surface area contributed by atoms with Crippen LogP contribution in [0.3, 0.4) is 0 Å². The molecule has 0 radical (unpaired) electrons. The van der Waals surface area contributed by atoms with Crippen LogP contribution in [0.5, 0.6) is 0 Å². The summed E-state index contributed by atoms with van der Waals surface area (Å²) in [4.78, 5) is 7.34. The van der Waals surface area contributed by atoms with E-state index in [1.54, 1.807) is 11.8 Å². The molecule has 1 fully saturated rings. The molecule has 1 aromatic heterocycles. The van der Waals surface area contributed by atoms with E-state index in [-0.39, 0.29) is 0 Å². The van der Waals surface area contributed by atoms with Crippen molar-refractivity contribution in [3.8, 4) is 0 Å². The second-order valence-electron chi connectivity index (χ2n) is 8.19. The predicted octanol–water partition coefficient (Wildman–Crippen LogP) is 4.07. The highest BCUT2D eigenvalue weighted by atomic mass is 32.2. The second kappa shape index (κ2) is 10.3. The average molecular weight is 427 g/mol. The molecule has 2 heterocycles. The number of hydrogen-bond acceptors (Lipinski definition) is 4. The van der Waals surface area contributed by atoms with Gasteiger partial charge >= 0.3 is 0 Å². The number of nitrogens with zero attached hydrogens (tertiary/aromatic N) is 5. The van der Waals surface area contributed by atoms with Crippen LogP contribution in [0.4, 0.5) is 0 Å². The monoisotopic (exact) mass is 426 g/mol. The van der Waals surface area contributed by atoms with Gasteiger partial charge in [0, 0.05) is 38.6 Å². The van der Waals surface area contributed by atoms with Crippen LogP contribution < -0.4 is 5.32 Å². The van der Waals surface area contributed by atoms with Crippen LogP contribution in [0.15, 0.2) is 34.4 Å². The van der Waals surface area contributed by atoms with Gasteiger partial charge in [-0.15, -0.1) is 10.2 Å². The van der Waals surface area contributed by atoms with Crippen LogP contribution in [-0.4, -0.2) is 51.5 Å². The molecule has 7 heteroatoms. The van der Waals surface area contributed by atoms with Gasteiger partial charge in [0.05, 0.1) is 0 Å². The Bertz CT molecular complexity index is 855. The number of thioether (sulfide) groups is 1. The standard InChI is InChI=1S/C23H34N6S/c1-3-24-22(28-16-14-18-9-4-5-10-19(18)17-28)25-15-8-13-21-26-27-23(30-2)29(21)20-11-6-7-12-20/h4-5,9-10,20H,3,6-8,11-17H2,1-2H3,(H,24,25). The van der Waals surface area contributed by atoms with Crippen LogP contribution in [0, 0.1) is 0 Å². The van der Waals surface area contributed by atoms with E-state index in [1.807, 2.05) is 0 Å². The molecule has 2 aromatic rings. The lowest BCUT2D eigenvalue weighted by atomic mass is 10.0. The molecule has 1 N–H and O–H groups in total. The summed E-state index contributed by atoms with van der Waals surface area (Å²) in [6.45, 7) is 5.81. The molecule has 0 atom stereocenters. The van der Waals surface area contributed by atoms with Gasteiger partial charge < -0.3 is 14.8 Å². The summed E-state index contributed by atoms with van der Waals surface area (Å²) in [7, 11) is 0. The van der Waals surface area contributed by atoms with Gasteiger partial charge in [-0.25, -0.2) is 0 Å². The Hall–Kier alpha value is -2.02. The zero-order chi connectivity index (χ0) is 20.8. The highest BCUT2D eigenvalue weighted by molar-refractivity contribution is 7.98. The van der Waals surface area contributed by atoms with Gasteiger partial charge in [0.15, 0.2) is 11.1 Å². The Morgan fingerprint density at radius 2 is 2.00 bits per heavy atom. The van der Waals surface area contributed by atoms with Crippen molar-refractivity contribution in [1.82, 2.24) is 25.0 Å². The van der Waals surface area contributed by atoms with Gasteiger partial charge in [-0.2, -0.15) is 0 Å². The Kier molecular flexibility index (Phi) is 7.31. The fraction of sp³-hybridized carbons (Fsp3) is 0.609. The van der Waals surface area contributed by atoms with E-state index in [0.717, 1.165) is 62.4 Å². The van der Waals surface area contributed by atoms with Crippen molar-refractivity contribution in [3.63, 3.8) is 0 Å². The smallest absolute Gasteiger partial charge is 0.194 e. The van der Waals surface area contributed by atoms with Gasteiger partial charge in [0.1, 0.15) is 5.82 Å². The average Bonchev–Trinajstić information content (AvgIpc) is 3.45. The normalized spacial score (nSPS) is 17.4. The summed E-state index contributed by atoms with van der Waals surface area (Å²) in [6.07, 6.45) is 10.3. The van der Waals surface area contributed by atoms with Crippen LogP contribution in [0.25, 0.3) is 0 Å². The Morgan fingerprint density at radius 1 is 1.20 bits per heavy atom. The molecular weight excluding hydrogens is 392 g/mol. The summed E-state index contributed by atoms with van der Waals surface area (Å²) in [6, 6.07) is 9.35. The van der Waals surface area contributed by atoms with Crippen molar-refractivity contribution in [3.05, 3.63) is 41.2 Å². The molecule has 0 unspecified atom stereocenters. The van der Waals surface area contributed by atoms with E-state index >= 15 is 0 Å². The highest BCUT2D eigenvalue weighted by Gasteiger charge is 2.23. The van der Waals surface area contributed by atoms with Crippen molar-refractivity contribution in [2.45, 2.75) is 69.6 Å². The number of guanidine groups is 1. The van der Waals surface area contributed by atoms with Crippen molar-refractivity contribution in [2.24, 2.45) is 4.99 Å². The maximum absolute atomic E-state index is 4.95. The maximum Gasteiger partial charge on any atom is 0.194 e. The SMILES string of the molecule is CCNC(=NCCCc1nnc(SC)n1C1CCCC1)N1CCc2ccccc2C1. The van der Waals surface area contributed by atoms with Gasteiger partial charge in [0.2, 0.25) is 0 Å². The lowest BCUT2D eigenvalue weighted by Crippen LogP contribution is -2.44. The van der Waals surface area contributed by atoms with Crippen molar-refractivity contribution in [2.75, 3.05) is 25.9 Å². The topological polar surface area (TPSA) is 58.3 Å². The molecule has 30 heavy (non-hydrogen) atoms. The highest BCUT2D eigenvalue weighted by Crippen LogP contribution is 2.33. The molecule has 0 saturated heterocycles. The van der Waals surface area contributed by atoms with E-state index in [9.17, 15) is 0 Å². The Morgan fingerprint density at radius 3 is 2.77 bits per heavy atom. The molecule has 0 bridgehead atoms. The van der Waals surface area contributed by atoms with Crippen LogP contribution in [-0.2, 0) is 19.4 Å². The first-order valence-corrected chi connectivity index (χ1v) is 12.6. The molecule has 1 aliphatic carbocycles. The van der Waals surface area contributed by atoms with Crippen LogP contribution in [0.1, 0.15) is 62.0 Å². The quantitative estimate of drug-likeness (QED) is 0.313. The Balaban J connectivity index is 1.37. The number of fused-ring (bicyclic) bond motifs is 1. The number of rotatable bonds is 7. The van der Waals surface area contributed by atoms with E-state index in [4.69, 9.17) is 4.99 Å². The van der Waals surface area contributed by atoms with Gasteiger partial charge in [0.25, 0.3) is 0 Å². The van der Waals surface area contributed by atoms with E-state index in [1.165, 1.54) is 36.8 Å². The van der Waals surface area contributed by atoms with Gasteiger partial charge in [-0.05, 0) is 50.0 Å². The fourth-order valence-electron chi connectivity index (χ4n) is 4.67. The fourth-order valence-corrected chi connectivity index (χ4v) is 5.24. The van der Waals surface area contributed by atoms with E-state index < -0.39 is 0 Å². The minimum Gasteiger partial charge on any atom is -0.357 e. The van der Waals surface area contributed by atoms with Crippen molar-refractivity contribution < 1.29 is 0 Å². The summed E-state index contributed by atoms with van der Waals surface area (Å²) in [5.74, 6) is 2.17. The molecule has 0 amide bonds. The van der Waals surface area contributed by atoms with Crippen molar-refractivity contribution >= 4 is 17.7 Å². The molecule has 1 aliphatic heterocycles. The molecule has 0 spiro atoms. The third-order valence-electron chi connectivity index (χ3n) is 6.19. The summed E-state index contributed by atoms with van der Waals surface area (Å²) >= 11 is 1.71. The van der Waals surface area contributed by atoms with E-state index in [2.05, 4.69) is 62.4 Å². The third kappa shape index (κ3) is 4.82. The molecule has 1 aromatic carbocycles. The number of aliphatic imine (C=N–C) groups is 1. The number of benzene rings is 1. The molecule has 162 valence electrons. The number of aromatic nitrogens is 3. The van der Waals surface area contributed by atoms with Gasteiger partial charge in [-0.1, -0.05) is 48.9 Å². The van der Waals surface area contributed by atoms with Crippen molar-refractivity contribution in [1.29, 1.82) is 0 Å². The Labute approximate surface area is 184 Å². The molecule has 2 aliphatic rings. The minimum atomic E-state index is 0.590. The zero-order valence-electron chi connectivity index (χ0n) is 18.3. The van der Waals surface area contributed by atoms with Crippen LogP contribution in [0.2, 0.25) is 0 Å². The molecule has 6 nitrogen and oxygen atoms in total. The lowest BCUT2D eigenvalue weighted by Gasteiger charge is -2.31. The number of aryl methyl sites for hydroxylation is 1. The lowest BCUT2D eigenvalue weighted by molar-refractivity contribution is 0.378. The maximum atomic E-state index is 4.95.